The van der Waals surface area contributed by atoms with E-state index in [9.17, 15) is 14.7 Å². The molecule has 2 saturated heterocycles. The summed E-state index contributed by atoms with van der Waals surface area (Å²) in [5.41, 5.74) is 3.95. The Morgan fingerprint density at radius 1 is 1.02 bits per heavy atom. The Bertz CT molecular complexity index is 1470. The summed E-state index contributed by atoms with van der Waals surface area (Å²) in [5.74, 6) is 0.249. The molecule has 4 heterocycles. The highest BCUT2D eigenvalue weighted by molar-refractivity contribution is 6.39. The van der Waals surface area contributed by atoms with Crippen LogP contribution < -0.4 is 4.90 Å². The van der Waals surface area contributed by atoms with Crippen LogP contribution in [0.4, 0.5) is 10.5 Å². The summed E-state index contributed by atoms with van der Waals surface area (Å²) in [4.78, 5) is 29.2. The van der Waals surface area contributed by atoms with Crippen LogP contribution >= 0.6 is 23.2 Å². The topological polar surface area (TPSA) is 96.1 Å². The number of nitrogens with zero attached hydrogens (tertiary/aromatic N) is 3. The van der Waals surface area contributed by atoms with Gasteiger partial charge in [0.2, 0.25) is 0 Å². The van der Waals surface area contributed by atoms with Gasteiger partial charge in [-0.2, -0.15) is 0 Å². The van der Waals surface area contributed by atoms with Crippen molar-refractivity contribution in [1.29, 1.82) is 0 Å². The van der Waals surface area contributed by atoms with Crippen molar-refractivity contribution in [1.82, 2.24) is 10.1 Å². The molecule has 3 aliphatic heterocycles. The van der Waals surface area contributed by atoms with Gasteiger partial charge in [-0.25, -0.2) is 9.59 Å². The lowest BCUT2D eigenvalue weighted by Gasteiger charge is -2.40. The second-order valence-electron chi connectivity index (χ2n) is 11.2. The van der Waals surface area contributed by atoms with E-state index in [-0.39, 0.29) is 29.8 Å². The van der Waals surface area contributed by atoms with Crippen molar-refractivity contribution < 1.29 is 24.0 Å². The zero-order valence-corrected chi connectivity index (χ0v) is 23.3. The Morgan fingerprint density at radius 3 is 2.40 bits per heavy atom. The number of anilines is 1. The minimum absolute atomic E-state index is 0.00236. The van der Waals surface area contributed by atoms with Gasteiger partial charge in [0.25, 0.3) is 0 Å². The van der Waals surface area contributed by atoms with Gasteiger partial charge in [0, 0.05) is 41.4 Å². The number of carboxylic acids is 1. The molecule has 2 aromatic carbocycles. The van der Waals surface area contributed by atoms with Gasteiger partial charge in [-0.05, 0) is 74.8 Å². The molecule has 3 fully saturated rings. The van der Waals surface area contributed by atoms with E-state index in [0.29, 0.717) is 52.5 Å². The monoisotopic (exact) mass is 581 g/mol. The van der Waals surface area contributed by atoms with Crippen molar-refractivity contribution >= 4 is 40.9 Å². The highest BCUT2D eigenvalue weighted by Crippen LogP contribution is 2.47. The third-order valence-electron chi connectivity index (χ3n) is 8.83. The number of aromatic nitrogens is 1. The molecule has 2 amide bonds. The molecule has 1 saturated carbocycles. The van der Waals surface area contributed by atoms with E-state index >= 15 is 0 Å². The number of piperidine rings is 1. The Morgan fingerprint density at radius 2 is 1.73 bits per heavy atom. The Balaban J connectivity index is 1.07. The lowest BCUT2D eigenvalue weighted by molar-refractivity contribution is -0.0164. The maximum Gasteiger partial charge on any atom is 0.336 e. The number of carbonyl (C=O) groups is 2. The van der Waals surface area contributed by atoms with Crippen molar-refractivity contribution in [3.63, 3.8) is 0 Å². The van der Waals surface area contributed by atoms with Crippen LogP contribution in [-0.4, -0.2) is 51.9 Å². The third kappa shape index (κ3) is 4.37. The summed E-state index contributed by atoms with van der Waals surface area (Å²) in [6.07, 6.45) is 6.07. The molecule has 8 nitrogen and oxygen atoms in total. The van der Waals surface area contributed by atoms with Crippen LogP contribution in [-0.2, 0) is 17.8 Å². The third-order valence-corrected chi connectivity index (χ3v) is 9.46. The summed E-state index contributed by atoms with van der Waals surface area (Å²) in [7, 11) is 0. The molecule has 3 atom stereocenters. The van der Waals surface area contributed by atoms with Crippen LogP contribution in [0.3, 0.4) is 0 Å². The van der Waals surface area contributed by atoms with Crippen molar-refractivity contribution in [3.05, 3.63) is 68.9 Å². The SMILES string of the molecule is O=C(O)c1cccc2c1CCN2C(=O)N1[C@@H]2CC[C@H]1CC(OCc1c(-c3c(Cl)cccc3Cl)noc1C1CC1)C2. The first kappa shape index (κ1) is 25.9. The fourth-order valence-electron chi connectivity index (χ4n) is 6.80. The number of halogens is 2. The summed E-state index contributed by atoms with van der Waals surface area (Å²) in [6.45, 7) is 0.848. The van der Waals surface area contributed by atoms with Gasteiger partial charge < -0.3 is 19.3 Å². The van der Waals surface area contributed by atoms with Gasteiger partial charge in [-0.1, -0.05) is 40.5 Å². The number of aromatic carboxylic acids is 1. The standard InChI is InChI=1S/C30H29Cl2N3O5/c31-23-4-2-5-24(32)26(23)27-22(28(40-33-27)16-7-8-16)15-39-19-13-17-9-10-18(14-19)35(17)30(38)34-12-11-20-21(29(36)37)3-1-6-25(20)34/h1-6,16-19H,7-15H2,(H,36,37)/t17-,18+,19?. The largest absolute Gasteiger partial charge is 0.478 e. The molecule has 10 heteroatoms. The lowest BCUT2D eigenvalue weighted by atomic mass is 9.99. The second kappa shape index (κ2) is 10.1. The number of ether oxygens (including phenoxy) is 1. The molecule has 1 unspecified atom stereocenters. The van der Waals surface area contributed by atoms with E-state index in [2.05, 4.69) is 5.16 Å². The quantitative estimate of drug-likeness (QED) is 0.339. The highest BCUT2D eigenvalue weighted by Gasteiger charge is 2.46. The molecule has 4 aliphatic rings. The molecule has 7 rings (SSSR count). The van der Waals surface area contributed by atoms with Crippen molar-refractivity contribution in [2.75, 3.05) is 11.4 Å². The number of fused-ring (bicyclic) bond motifs is 3. The number of urea groups is 1. The van der Waals surface area contributed by atoms with Gasteiger partial charge in [-0.3, -0.25) is 4.90 Å². The van der Waals surface area contributed by atoms with Gasteiger partial charge in [0.15, 0.2) is 0 Å². The van der Waals surface area contributed by atoms with Crippen molar-refractivity contribution in [3.8, 4) is 11.3 Å². The predicted molar refractivity (Wildman–Crippen MR) is 150 cm³/mol. The van der Waals surface area contributed by atoms with E-state index in [0.717, 1.165) is 55.4 Å². The normalized spacial score (nSPS) is 23.5. The van der Waals surface area contributed by atoms with E-state index < -0.39 is 5.97 Å². The first-order valence-corrected chi connectivity index (χ1v) is 14.7. The Hall–Kier alpha value is -3.07. The number of carboxylic acid groups (broad SMARTS) is 1. The maximum absolute atomic E-state index is 13.8. The number of hydrogen-bond donors (Lipinski definition) is 1. The maximum atomic E-state index is 13.8. The summed E-state index contributed by atoms with van der Waals surface area (Å²) in [5, 5.41) is 15.0. The van der Waals surface area contributed by atoms with Crippen LogP contribution in [0.5, 0.6) is 0 Å². The van der Waals surface area contributed by atoms with Crippen molar-refractivity contribution in [2.24, 2.45) is 0 Å². The summed E-state index contributed by atoms with van der Waals surface area (Å²) in [6, 6.07) is 10.7. The fraction of sp³-hybridized carbons (Fsp3) is 0.433. The number of rotatable bonds is 6. The molecule has 1 N–H and O–H groups in total. The number of hydrogen-bond acceptors (Lipinski definition) is 5. The molecule has 1 aliphatic carbocycles. The molecule has 3 aromatic rings. The molecule has 0 radical (unpaired) electrons. The number of benzene rings is 2. The van der Waals surface area contributed by atoms with Gasteiger partial charge in [0.05, 0.1) is 28.3 Å². The van der Waals surface area contributed by atoms with Crippen molar-refractivity contribution in [2.45, 2.75) is 75.7 Å². The van der Waals surface area contributed by atoms with Crippen LogP contribution in [0, 0.1) is 0 Å². The molecular weight excluding hydrogens is 553 g/mol. The van der Waals surface area contributed by atoms with Crippen LogP contribution in [0.15, 0.2) is 40.9 Å². The second-order valence-corrected chi connectivity index (χ2v) is 12.0. The summed E-state index contributed by atoms with van der Waals surface area (Å²) < 4.78 is 12.3. The average Bonchev–Trinajstić information content (AvgIpc) is 3.45. The molecule has 2 bridgehead atoms. The average molecular weight is 582 g/mol. The van der Waals surface area contributed by atoms with Gasteiger partial charge in [0.1, 0.15) is 11.5 Å². The molecule has 1 aromatic heterocycles. The first-order valence-electron chi connectivity index (χ1n) is 13.9. The molecule has 0 spiro atoms. The number of carbonyl (C=O) groups excluding carboxylic acids is 1. The Kier molecular flexibility index (Phi) is 6.52. The highest BCUT2D eigenvalue weighted by atomic mass is 35.5. The smallest absolute Gasteiger partial charge is 0.336 e. The summed E-state index contributed by atoms with van der Waals surface area (Å²) >= 11 is 13.0. The van der Waals surface area contributed by atoms with Gasteiger partial charge >= 0.3 is 12.0 Å². The predicted octanol–water partition coefficient (Wildman–Crippen LogP) is 6.92. The molecular formula is C30H29Cl2N3O5. The lowest BCUT2D eigenvalue weighted by Crippen LogP contribution is -2.53. The Labute approximate surface area is 241 Å². The number of amides is 2. The van der Waals surface area contributed by atoms with Crippen LogP contribution in [0.1, 0.15) is 71.7 Å². The van der Waals surface area contributed by atoms with Crippen LogP contribution in [0.25, 0.3) is 11.3 Å². The zero-order valence-electron chi connectivity index (χ0n) is 21.8. The van der Waals surface area contributed by atoms with E-state index in [1.54, 1.807) is 29.2 Å². The van der Waals surface area contributed by atoms with E-state index in [1.807, 2.05) is 17.0 Å². The van der Waals surface area contributed by atoms with E-state index in [4.69, 9.17) is 32.5 Å². The minimum Gasteiger partial charge on any atom is -0.478 e. The minimum atomic E-state index is -0.957. The zero-order chi connectivity index (χ0) is 27.5. The molecule has 40 heavy (non-hydrogen) atoms. The van der Waals surface area contributed by atoms with Gasteiger partial charge in [-0.15, -0.1) is 0 Å². The van der Waals surface area contributed by atoms with Crippen LogP contribution in [0.2, 0.25) is 10.0 Å². The fourth-order valence-corrected chi connectivity index (χ4v) is 7.37. The first-order chi connectivity index (χ1) is 19.4. The van der Waals surface area contributed by atoms with E-state index in [1.165, 1.54) is 0 Å². The molecule has 208 valence electrons.